The molecule has 0 atom stereocenters. The first-order chi connectivity index (χ1) is 14.9. The summed E-state index contributed by atoms with van der Waals surface area (Å²) in [5.41, 5.74) is 3.09. The van der Waals surface area contributed by atoms with Gasteiger partial charge >= 0.3 is 5.69 Å². The van der Waals surface area contributed by atoms with E-state index < -0.39 is 0 Å². The van der Waals surface area contributed by atoms with E-state index in [1.54, 1.807) is 11.5 Å². The van der Waals surface area contributed by atoms with E-state index in [4.69, 9.17) is 4.52 Å². The SMILES string of the molecule is Cc1nc(-c2ccc3c(c2)n(CC(=O)NCCc2ccccc2)c(=O)n3C(C)C)no1. The zero-order chi connectivity index (χ0) is 22.0. The number of nitrogens with one attached hydrogen (secondary N) is 1. The predicted molar refractivity (Wildman–Crippen MR) is 118 cm³/mol. The van der Waals surface area contributed by atoms with Crippen LogP contribution in [0.15, 0.2) is 57.8 Å². The van der Waals surface area contributed by atoms with Crippen LogP contribution in [0.4, 0.5) is 0 Å². The number of fused-ring (bicyclic) bond motifs is 1. The van der Waals surface area contributed by atoms with Crippen LogP contribution in [-0.4, -0.2) is 31.7 Å². The minimum absolute atomic E-state index is 0.0457. The van der Waals surface area contributed by atoms with Crippen molar-refractivity contribution in [2.45, 2.75) is 39.8 Å². The third-order valence-electron chi connectivity index (χ3n) is 5.15. The summed E-state index contributed by atoms with van der Waals surface area (Å²) in [5, 5.41) is 6.87. The third kappa shape index (κ3) is 4.28. The van der Waals surface area contributed by atoms with Crippen LogP contribution in [0, 0.1) is 6.92 Å². The zero-order valence-electron chi connectivity index (χ0n) is 17.8. The highest BCUT2D eigenvalue weighted by Crippen LogP contribution is 2.24. The summed E-state index contributed by atoms with van der Waals surface area (Å²) in [4.78, 5) is 30.0. The predicted octanol–water partition coefficient (Wildman–Crippen LogP) is 3.10. The van der Waals surface area contributed by atoms with Crippen molar-refractivity contribution in [1.82, 2.24) is 24.6 Å². The molecule has 0 unspecified atom stereocenters. The van der Waals surface area contributed by atoms with E-state index in [0.717, 1.165) is 23.1 Å². The molecule has 0 radical (unpaired) electrons. The lowest BCUT2D eigenvalue weighted by molar-refractivity contribution is -0.121. The molecule has 4 rings (SSSR count). The van der Waals surface area contributed by atoms with Gasteiger partial charge in [0.15, 0.2) is 0 Å². The molecule has 0 spiro atoms. The molecular weight excluding hydrogens is 394 g/mol. The fourth-order valence-electron chi connectivity index (χ4n) is 3.68. The molecule has 0 aliphatic heterocycles. The first-order valence-corrected chi connectivity index (χ1v) is 10.3. The molecule has 0 saturated carbocycles. The molecular formula is C23H25N5O3. The van der Waals surface area contributed by atoms with Crippen molar-refractivity contribution in [1.29, 1.82) is 0 Å². The summed E-state index contributed by atoms with van der Waals surface area (Å²) in [6.07, 6.45) is 0.733. The second-order valence-electron chi connectivity index (χ2n) is 7.76. The van der Waals surface area contributed by atoms with Crippen molar-refractivity contribution in [2.24, 2.45) is 0 Å². The van der Waals surface area contributed by atoms with Gasteiger partial charge in [0, 0.05) is 25.1 Å². The van der Waals surface area contributed by atoms with Crippen LogP contribution in [0.5, 0.6) is 0 Å². The standard InChI is InChI=1S/C23H25N5O3/c1-15(2)28-19-10-9-18(22-25-16(3)31-26-22)13-20(19)27(23(28)30)14-21(29)24-12-11-17-7-5-4-6-8-17/h4-10,13,15H,11-12,14H2,1-3H3,(H,24,29). The summed E-state index contributed by atoms with van der Waals surface area (Å²) in [6.45, 7) is 6.06. The molecule has 4 aromatic rings. The molecule has 1 N–H and O–H groups in total. The van der Waals surface area contributed by atoms with Crippen molar-refractivity contribution in [2.75, 3.05) is 6.54 Å². The molecule has 0 saturated heterocycles. The van der Waals surface area contributed by atoms with E-state index in [2.05, 4.69) is 15.5 Å². The number of aromatic nitrogens is 4. The lowest BCUT2D eigenvalue weighted by Gasteiger charge is -2.07. The highest BCUT2D eigenvalue weighted by molar-refractivity contribution is 5.84. The minimum atomic E-state index is -0.218. The normalized spacial score (nSPS) is 11.4. The van der Waals surface area contributed by atoms with Crippen LogP contribution in [0.25, 0.3) is 22.4 Å². The number of rotatable bonds is 7. The summed E-state index contributed by atoms with van der Waals surface area (Å²) < 4.78 is 8.27. The lowest BCUT2D eigenvalue weighted by atomic mass is 10.1. The van der Waals surface area contributed by atoms with Crippen LogP contribution in [0.2, 0.25) is 0 Å². The van der Waals surface area contributed by atoms with Gasteiger partial charge in [-0.05, 0) is 44.0 Å². The van der Waals surface area contributed by atoms with Gasteiger partial charge in [0.2, 0.25) is 17.6 Å². The number of benzene rings is 2. The minimum Gasteiger partial charge on any atom is -0.354 e. The number of amides is 1. The van der Waals surface area contributed by atoms with Gasteiger partial charge in [-0.3, -0.25) is 13.9 Å². The lowest BCUT2D eigenvalue weighted by Crippen LogP contribution is -2.34. The Bertz CT molecular complexity index is 1270. The smallest absolute Gasteiger partial charge is 0.329 e. The van der Waals surface area contributed by atoms with Gasteiger partial charge < -0.3 is 9.84 Å². The van der Waals surface area contributed by atoms with E-state index >= 15 is 0 Å². The number of hydrogen-bond donors (Lipinski definition) is 1. The van der Waals surface area contributed by atoms with Crippen molar-refractivity contribution in [3.63, 3.8) is 0 Å². The second kappa shape index (κ2) is 8.59. The highest BCUT2D eigenvalue weighted by Gasteiger charge is 2.19. The quantitative estimate of drug-likeness (QED) is 0.497. The van der Waals surface area contributed by atoms with Crippen LogP contribution >= 0.6 is 0 Å². The van der Waals surface area contributed by atoms with Gasteiger partial charge in [0.1, 0.15) is 6.54 Å². The van der Waals surface area contributed by atoms with E-state index in [0.29, 0.717) is 23.8 Å². The average Bonchev–Trinajstić information content (AvgIpc) is 3.30. The molecule has 1 amide bonds. The molecule has 0 bridgehead atoms. The number of aryl methyl sites for hydroxylation is 1. The zero-order valence-corrected chi connectivity index (χ0v) is 17.8. The molecule has 2 aromatic heterocycles. The topological polar surface area (TPSA) is 95.0 Å². The Labute approximate surface area is 179 Å². The summed E-state index contributed by atoms with van der Waals surface area (Å²) in [7, 11) is 0. The van der Waals surface area contributed by atoms with Crippen molar-refractivity contribution in [3.05, 3.63) is 70.5 Å². The molecule has 160 valence electrons. The van der Waals surface area contributed by atoms with Gasteiger partial charge in [0.05, 0.1) is 11.0 Å². The van der Waals surface area contributed by atoms with Gasteiger partial charge in [-0.1, -0.05) is 35.5 Å². The average molecular weight is 419 g/mol. The maximum atomic E-state index is 13.1. The second-order valence-corrected chi connectivity index (χ2v) is 7.76. The molecule has 31 heavy (non-hydrogen) atoms. The summed E-state index contributed by atoms with van der Waals surface area (Å²) >= 11 is 0. The third-order valence-corrected chi connectivity index (χ3v) is 5.15. The monoisotopic (exact) mass is 419 g/mol. The van der Waals surface area contributed by atoms with Crippen LogP contribution in [0.3, 0.4) is 0 Å². The van der Waals surface area contributed by atoms with E-state index in [1.807, 2.05) is 62.4 Å². The molecule has 8 heteroatoms. The molecule has 0 aliphatic rings. The van der Waals surface area contributed by atoms with Gasteiger partial charge in [-0.2, -0.15) is 4.98 Å². The maximum Gasteiger partial charge on any atom is 0.329 e. The summed E-state index contributed by atoms with van der Waals surface area (Å²) in [6, 6.07) is 15.5. The van der Waals surface area contributed by atoms with E-state index in [-0.39, 0.29) is 24.2 Å². The molecule has 8 nitrogen and oxygen atoms in total. The van der Waals surface area contributed by atoms with E-state index in [9.17, 15) is 9.59 Å². The number of hydrogen-bond acceptors (Lipinski definition) is 5. The Morgan fingerprint density at radius 2 is 1.90 bits per heavy atom. The van der Waals surface area contributed by atoms with Crippen LogP contribution in [0.1, 0.15) is 31.3 Å². The first-order valence-electron chi connectivity index (χ1n) is 10.3. The number of nitrogens with zero attached hydrogens (tertiary/aromatic N) is 4. The first kappa shape index (κ1) is 20.6. The van der Waals surface area contributed by atoms with Crippen molar-refractivity contribution < 1.29 is 9.32 Å². The number of carbonyl (C=O) groups is 1. The number of imidazole rings is 1. The molecule has 2 aromatic carbocycles. The summed E-state index contributed by atoms with van der Waals surface area (Å²) in [5.74, 6) is 0.703. The maximum absolute atomic E-state index is 13.1. The fraction of sp³-hybridized carbons (Fsp3) is 0.304. The van der Waals surface area contributed by atoms with Crippen molar-refractivity contribution >= 4 is 16.9 Å². The van der Waals surface area contributed by atoms with Crippen LogP contribution < -0.4 is 11.0 Å². The Kier molecular flexibility index (Phi) is 5.70. The fourth-order valence-corrected chi connectivity index (χ4v) is 3.68. The van der Waals surface area contributed by atoms with Gasteiger partial charge in [0.25, 0.3) is 0 Å². The Morgan fingerprint density at radius 1 is 1.13 bits per heavy atom. The van der Waals surface area contributed by atoms with Gasteiger partial charge in [-0.25, -0.2) is 4.79 Å². The highest BCUT2D eigenvalue weighted by atomic mass is 16.5. The number of carbonyl (C=O) groups excluding carboxylic acids is 1. The van der Waals surface area contributed by atoms with Crippen LogP contribution in [-0.2, 0) is 17.8 Å². The molecule has 0 aliphatic carbocycles. The Morgan fingerprint density at radius 3 is 2.58 bits per heavy atom. The Hall–Kier alpha value is -3.68. The molecule has 0 fully saturated rings. The van der Waals surface area contributed by atoms with E-state index in [1.165, 1.54) is 4.57 Å². The van der Waals surface area contributed by atoms with Crippen molar-refractivity contribution in [3.8, 4) is 11.4 Å². The Balaban J connectivity index is 1.61. The largest absolute Gasteiger partial charge is 0.354 e. The molecule has 2 heterocycles. The van der Waals surface area contributed by atoms with Gasteiger partial charge in [-0.15, -0.1) is 0 Å².